The minimum Gasteiger partial charge on any atom is -0.352 e. The van der Waals surface area contributed by atoms with Crippen molar-refractivity contribution in [1.82, 2.24) is 14.6 Å². The SMILES string of the molecule is O=C(NCC1CCCN(S(=O)(=O)c2ccc(F)cc2Cl)C1)c1cccnc1. The first-order valence-electron chi connectivity index (χ1n) is 8.51. The average Bonchev–Trinajstić information content (AvgIpc) is 2.66. The number of halogens is 2. The van der Waals surface area contributed by atoms with Crippen LogP contribution in [-0.2, 0) is 10.0 Å². The summed E-state index contributed by atoms with van der Waals surface area (Å²) in [5.41, 5.74) is 0.455. The molecule has 1 aliphatic heterocycles. The number of nitrogens with zero attached hydrogens (tertiary/aromatic N) is 2. The van der Waals surface area contributed by atoms with E-state index in [1.165, 1.54) is 16.6 Å². The molecule has 1 aromatic carbocycles. The van der Waals surface area contributed by atoms with E-state index in [4.69, 9.17) is 11.6 Å². The largest absolute Gasteiger partial charge is 0.352 e. The van der Waals surface area contributed by atoms with Crippen LogP contribution in [0, 0.1) is 11.7 Å². The Morgan fingerprint density at radius 1 is 1.37 bits per heavy atom. The maximum Gasteiger partial charge on any atom is 0.252 e. The molecule has 6 nitrogen and oxygen atoms in total. The molecule has 0 spiro atoms. The Bertz CT molecular complexity index is 925. The molecule has 2 heterocycles. The summed E-state index contributed by atoms with van der Waals surface area (Å²) in [6.45, 7) is 0.989. The van der Waals surface area contributed by atoms with Crippen molar-refractivity contribution in [2.24, 2.45) is 5.92 Å². The number of hydrogen-bond acceptors (Lipinski definition) is 4. The minimum atomic E-state index is -3.82. The van der Waals surface area contributed by atoms with Crippen LogP contribution in [0.1, 0.15) is 23.2 Å². The Morgan fingerprint density at radius 2 is 2.19 bits per heavy atom. The van der Waals surface area contributed by atoms with Gasteiger partial charge in [0.15, 0.2) is 0 Å². The van der Waals surface area contributed by atoms with Crippen molar-refractivity contribution in [3.05, 3.63) is 59.1 Å². The zero-order chi connectivity index (χ0) is 19.4. The van der Waals surface area contributed by atoms with Crippen molar-refractivity contribution in [1.29, 1.82) is 0 Å². The minimum absolute atomic E-state index is 0.0200. The highest BCUT2D eigenvalue weighted by Gasteiger charge is 2.31. The number of carbonyl (C=O) groups is 1. The predicted molar refractivity (Wildman–Crippen MR) is 99.5 cm³/mol. The molecule has 0 aliphatic carbocycles. The van der Waals surface area contributed by atoms with Crippen molar-refractivity contribution in [2.75, 3.05) is 19.6 Å². The fourth-order valence-electron chi connectivity index (χ4n) is 3.07. The van der Waals surface area contributed by atoms with Crippen LogP contribution in [0.5, 0.6) is 0 Å². The lowest BCUT2D eigenvalue weighted by atomic mass is 9.99. The van der Waals surface area contributed by atoms with Gasteiger partial charge in [0, 0.05) is 32.0 Å². The van der Waals surface area contributed by atoms with Gasteiger partial charge in [-0.1, -0.05) is 11.6 Å². The molecule has 1 saturated heterocycles. The van der Waals surface area contributed by atoms with E-state index in [1.807, 2.05) is 0 Å². The lowest BCUT2D eigenvalue weighted by Crippen LogP contribution is -2.43. The number of benzene rings is 1. The van der Waals surface area contributed by atoms with Crippen LogP contribution >= 0.6 is 11.6 Å². The van der Waals surface area contributed by atoms with Crippen LogP contribution in [-0.4, -0.2) is 43.2 Å². The zero-order valence-electron chi connectivity index (χ0n) is 14.4. The number of sulfonamides is 1. The molecule has 1 aliphatic rings. The third-order valence-corrected chi connectivity index (χ3v) is 6.82. The molecule has 1 aromatic heterocycles. The first-order valence-corrected chi connectivity index (χ1v) is 10.3. The predicted octanol–water partition coefficient (Wildman–Crippen LogP) is 2.70. The number of piperidine rings is 1. The van der Waals surface area contributed by atoms with Gasteiger partial charge in [0.2, 0.25) is 10.0 Å². The quantitative estimate of drug-likeness (QED) is 0.820. The van der Waals surface area contributed by atoms with E-state index in [1.54, 1.807) is 18.3 Å². The summed E-state index contributed by atoms with van der Waals surface area (Å²) in [7, 11) is -3.82. The fraction of sp³-hybridized carbons (Fsp3) is 0.333. The third-order valence-electron chi connectivity index (χ3n) is 4.47. The van der Waals surface area contributed by atoms with Gasteiger partial charge >= 0.3 is 0 Å². The third kappa shape index (κ3) is 4.63. The maximum absolute atomic E-state index is 13.2. The van der Waals surface area contributed by atoms with Gasteiger partial charge in [-0.15, -0.1) is 0 Å². The van der Waals surface area contributed by atoms with Gasteiger partial charge in [-0.25, -0.2) is 12.8 Å². The van der Waals surface area contributed by atoms with E-state index in [-0.39, 0.29) is 28.3 Å². The van der Waals surface area contributed by atoms with E-state index in [9.17, 15) is 17.6 Å². The first kappa shape index (κ1) is 19.7. The summed E-state index contributed by atoms with van der Waals surface area (Å²) in [6, 6.07) is 6.59. The Kier molecular flexibility index (Phi) is 6.08. The first-order chi connectivity index (χ1) is 12.9. The molecule has 9 heteroatoms. The smallest absolute Gasteiger partial charge is 0.252 e. The summed E-state index contributed by atoms with van der Waals surface area (Å²) in [4.78, 5) is 15.9. The van der Waals surface area contributed by atoms with Crippen LogP contribution < -0.4 is 5.32 Å². The van der Waals surface area contributed by atoms with Crippen LogP contribution in [0.15, 0.2) is 47.6 Å². The molecule has 1 amide bonds. The summed E-state index contributed by atoms with van der Waals surface area (Å²) in [6.07, 6.45) is 4.53. The van der Waals surface area contributed by atoms with Crippen molar-refractivity contribution < 1.29 is 17.6 Å². The highest BCUT2D eigenvalue weighted by molar-refractivity contribution is 7.89. The Balaban J connectivity index is 1.66. The Hall–Kier alpha value is -2.03. The van der Waals surface area contributed by atoms with Gasteiger partial charge in [0.25, 0.3) is 5.91 Å². The van der Waals surface area contributed by atoms with Gasteiger partial charge in [-0.05, 0) is 49.1 Å². The second-order valence-corrected chi connectivity index (χ2v) is 8.71. The number of pyridine rings is 1. The molecule has 1 atom stereocenters. The van der Waals surface area contributed by atoms with E-state index < -0.39 is 15.8 Å². The molecule has 0 saturated carbocycles. The van der Waals surface area contributed by atoms with Crippen LogP contribution in [0.3, 0.4) is 0 Å². The number of carbonyl (C=O) groups excluding carboxylic acids is 1. The van der Waals surface area contributed by atoms with E-state index >= 15 is 0 Å². The number of rotatable bonds is 5. The summed E-state index contributed by atoms with van der Waals surface area (Å²) >= 11 is 5.93. The molecule has 1 N–H and O–H groups in total. The lowest BCUT2D eigenvalue weighted by molar-refractivity contribution is 0.0941. The van der Waals surface area contributed by atoms with Gasteiger partial charge in [-0.2, -0.15) is 4.31 Å². The number of amides is 1. The van der Waals surface area contributed by atoms with Crippen molar-refractivity contribution >= 4 is 27.5 Å². The summed E-state index contributed by atoms with van der Waals surface area (Å²) < 4.78 is 40.3. The standard InChI is InChI=1S/C18H19ClFN3O3S/c19-16-9-15(20)5-6-17(16)27(25,26)23-8-2-3-13(12-23)10-22-18(24)14-4-1-7-21-11-14/h1,4-7,9,11,13H,2-3,8,10,12H2,(H,22,24). The van der Waals surface area contributed by atoms with E-state index in [0.29, 0.717) is 25.1 Å². The topological polar surface area (TPSA) is 79.4 Å². The van der Waals surface area contributed by atoms with Crippen LogP contribution in [0.2, 0.25) is 5.02 Å². The maximum atomic E-state index is 13.2. The molecule has 27 heavy (non-hydrogen) atoms. The normalized spacial score (nSPS) is 18.2. The fourth-order valence-corrected chi connectivity index (χ4v) is 5.13. The monoisotopic (exact) mass is 411 g/mol. The lowest BCUT2D eigenvalue weighted by Gasteiger charge is -2.32. The van der Waals surface area contributed by atoms with Gasteiger partial charge in [0.05, 0.1) is 10.6 Å². The number of hydrogen-bond donors (Lipinski definition) is 1. The summed E-state index contributed by atoms with van der Waals surface area (Å²) in [5, 5.41) is 2.69. The molecule has 144 valence electrons. The van der Waals surface area contributed by atoms with Gasteiger partial charge in [0.1, 0.15) is 10.7 Å². The highest BCUT2D eigenvalue weighted by atomic mass is 35.5. The van der Waals surface area contributed by atoms with Crippen LogP contribution in [0.25, 0.3) is 0 Å². The van der Waals surface area contributed by atoms with Gasteiger partial charge in [-0.3, -0.25) is 9.78 Å². The van der Waals surface area contributed by atoms with Gasteiger partial charge < -0.3 is 5.32 Å². The Labute approximate surface area is 162 Å². The van der Waals surface area contributed by atoms with Crippen LogP contribution in [0.4, 0.5) is 4.39 Å². The molecule has 2 aromatic rings. The van der Waals surface area contributed by atoms with Crippen molar-refractivity contribution in [3.8, 4) is 0 Å². The molecule has 1 fully saturated rings. The molecule has 0 bridgehead atoms. The molecule has 1 unspecified atom stereocenters. The van der Waals surface area contributed by atoms with E-state index in [0.717, 1.165) is 18.6 Å². The second-order valence-electron chi connectivity index (χ2n) is 6.40. The summed E-state index contributed by atoms with van der Waals surface area (Å²) in [5.74, 6) is -0.855. The second kappa shape index (κ2) is 8.33. The molecule has 3 rings (SSSR count). The van der Waals surface area contributed by atoms with Crippen molar-refractivity contribution in [2.45, 2.75) is 17.7 Å². The van der Waals surface area contributed by atoms with E-state index in [2.05, 4.69) is 10.3 Å². The zero-order valence-corrected chi connectivity index (χ0v) is 16.0. The molecular weight excluding hydrogens is 393 g/mol. The van der Waals surface area contributed by atoms with Crippen molar-refractivity contribution in [3.63, 3.8) is 0 Å². The Morgan fingerprint density at radius 3 is 2.89 bits per heavy atom. The highest BCUT2D eigenvalue weighted by Crippen LogP contribution is 2.28. The molecule has 0 radical (unpaired) electrons. The number of nitrogens with one attached hydrogen (secondary N) is 1. The number of aromatic nitrogens is 1. The average molecular weight is 412 g/mol. The molecular formula is C18H19ClFN3O3S.